The molecule has 1 aromatic heterocycles. The molecule has 2 rings (SSSR count). The van der Waals surface area contributed by atoms with Gasteiger partial charge in [-0.15, -0.1) is 11.3 Å². The van der Waals surface area contributed by atoms with Crippen molar-refractivity contribution in [1.82, 2.24) is 5.32 Å². The second-order valence-corrected chi connectivity index (χ2v) is 7.47. The summed E-state index contributed by atoms with van der Waals surface area (Å²) in [5.41, 5.74) is 1.97. The molecule has 0 saturated heterocycles. The average Bonchev–Trinajstić information content (AvgIpc) is 2.74. The van der Waals surface area contributed by atoms with Crippen LogP contribution in [-0.2, 0) is 0 Å². The van der Waals surface area contributed by atoms with Gasteiger partial charge < -0.3 is 5.32 Å². The van der Waals surface area contributed by atoms with E-state index in [1.165, 1.54) is 17.7 Å². The summed E-state index contributed by atoms with van der Waals surface area (Å²) >= 11 is 11.4. The van der Waals surface area contributed by atoms with Gasteiger partial charge in [0.25, 0.3) is 0 Å². The third kappa shape index (κ3) is 3.61. The van der Waals surface area contributed by atoms with Gasteiger partial charge >= 0.3 is 0 Å². The minimum absolute atomic E-state index is 0.0758. The molecular weight excluding hydrogens is 361 g/mol. The van der Waals surface area contributed by atoms with E-state index in [0.717, 1.165) is 27.2 Å². The maximum Gasteiger partial charge on any atom is 0.123 e. The molecular formula is C15H16BrClFNS. The van der Waals surface area contributed by atoms with Crippen LogP contribution in [0.5, 0.6) is 0 Å². The largest absolute Gasteiger partial charge is 0.306 e. The highest BCUT2D eigenvalue weighted by molar-refractivity contribution is 9.11. The van der Waals surface area contributed by atoms with Crippen LogP contribution in [0.4, 0.5) is 4.39 Å². The number of halogens is 3. The Morgan fingerprint density at radius 1 is 1.40 bits per heavy atom. The molecule has 0 spiro atoms. The molecule has 108 valence electrons. The molecule has 1 nitrogen and oxygen atoms in total. The van der Waals surface area contributed by atoms with Crippen molar-refractivity contribution in [2.24, 2.45) is 0 Å². The van der Waals surface area contributed by atoms with E-state index < -0.39 is 0 Å². The first-order valence-corrected chi connectivity index (χ1v) is 8.45. The zero-order valence-corrected chi connectivity index (χ0v) is 14.5. The molecule has 1 unspecified atom stereocenters. The lowest BCUT2D eigenvalue weighted by Crippen LogP contribution is -2.22. The quantitative estimate of drug-likeness (QED) is 0.705. The molecule has 0 saturated carbocycles. The lowest BCUT2D eigenvalue weighted by atomic mass is 10.0. The zero-order chi connectivity index (χ0) is 14.7. The van der Waals surface area contributed by atoms with Crippen molar-refractivity contribution in [2.45, 2.75) is 26.3 Å². The van der Waals surface area contributed by atoms with E-state index in [-0.39, 0.29) is 11.9 Å². The van der Waals surface area contributed by atoms with Crippen LogP contribution in [-0.4, -0.2) is 6.54 Å². The van der Waals surface area contributed by atoms with Crippen molar-refractivity contribution in [2.75, 3.05) is 6.54 Å². The highest BCUT2D eigenvalue weighted by Crippen LogP contribution is 2.36. The molecule has 0 amide bonds. The maximum absolute atomic E-state index is 13.5. The summed E-state index contributed by atoms with van der Waals surface area (Å²) in [5, 5.41) is 4.03. The van der Waals surface area contributed by atoms with Gasteiger partial charge in [-0.25, -0.2) is 4.39 Å². The summed E-state index contributed by atoms with van der Waals surface area (Å²) in [7, 11) is 0. The van der Waals surface area contributed by atoms with Crippen molar-refractivity contribution in [1.29, 1.82) is 0 Å². The maximum atomic E-state index is 13.5. The van der Waals surface area contributed by atoms with Crippen LogP contribution in [0.15, 0.2) is 28.1 Å². The van der Waals surface area contributed by atoms with Gasteiger partial charge in [0.15, 0.2) is 0 Å². The van der Waals surface area contributed by atoms with Crippen molar-refractivity contribution >= 4 is 38.9 Å². The molecule has 5 heteroatoms. The minimum Gasteiger partial charge on any atom is -0.306 e. The van der Waals surface area contributed by atoms with Crippen LogP contribution in [0.25, 0.3) is 0 Å². The summed E-state index contributed by atoms with van der Waals surface area (Å²) in [6.45, 7) is 5.01. The molecule has 1 atom stereocenters. The standard InChI is InChI=1S/C15H16BrClFNS/c1-3-6-19-14(13-7-9(2)15(16)20-13)11-8-10(18)4-5-12(11)17/h4-5,7-8,14,19H,3,6H2,1-2H3. The lowest BCUT2D eigenvalue weighted by Gasteiger charge is -2.19. The number of hydrogen-bond acceptors (Lipinski definition) is 2. The van der Waals surface area contributed by atoms with Crippen molar-refractivity contribution in [3.05, 3.63) is 54.9 Å². The van der Waals surface area contributed by atoms with Gasteiger partial charge in [-0.3, -0.25) is 0 Å². The van der Waals surface area contributed by atoms with Crippen LogP contribution in [0.2, 0.25) is 5.02 Å². The van der Waals surface area contributed by atoms with Gasteiger partial charge in [0, 0.05) is 9.90 Å². The molecule has 1 N–H and O–H groups in total. The van der Waals surface area contributed by atoms with Gasteiger partial charge in [-0.2, -0.15) is 0 Å². The molecule has 0 bridgehead atoms. The van der Waals surface area contributed by atoms with E-state index >= 15 is 0 Å². The second-order valence-electron chi connectivity index (χ2n) is 4.66. The fourth-order valence-corrected chi connectivity index (χ4v) is 3.91. The molecule has 0 aliphatic heterocycles. The summed E-state index contributed by atoms with van der Waals surface area (Å²) < 4.78 is 14.6. The molecule has 0 aliphatic rings. The third-order valence-corrected chi connectivity index (χ3v) is 5.57. The average molecular weight is 377 g/mol. The number of rotatable bonds is 5. The fraction of sp³-hybridized carbons (Fsp3) is 0.333. The summed E-state index contributed by atoms with van der Waals surface area (Å²) in [6, 6.07) is 6.55. The normalized spacial score (nSPS) is 12.7. The number of aryl methyl sites for hydroxylation is 1. The predicted octanol–water partition coefficient (Wildman–Crippen LogP) is 5.70. The highest BCUT2D eigenvalue weighted by Gasteiger charge is 2.20. The summed E-state index contributed by atoms with van der Waals surface area (Å²) in [5.74, 6) is -0.264. The van der Waals surface area contributed by atoms with E-state index in [4.69, 9.17) is 11.6 Å². The van der Waals surface area contributed by atoms with Crippen molar-refractivity contribution in [3.8, 4) is 0 Å². The van der Waals surface area contributed by atoms with Crippen LogP contribution >= 0.6 is 38.9 Å². The van der Waals surface area contributed by atoms with Crippen LogP contribution in [0, 0.1) is 12.7 Å². The topological polar surface area (TPSA) is 12.0 Å². The Morgan fingerprint density at radius 2 is 2.15 bits per heavy atom. The Bertz CT molecular complexity index is 580. The lowest BCUT2D eigenvalue weighted by molar-refractivity contribution is 0.591. The number of hydrogen-bond donors (Lipinski definition) is 1. The van der Waals surface area contributed by atoms with E-state index in [2.05, 4.69) is 34.2 Å². The Morgan fingerprint density at radius 3 is 2.75 bits per heavy atom. The molecule has 2 aromatic rings. The molecule has 1 aromatic carbocycles. The SMILES string of the molecule is CCCNC(c1cc(C)c(Br)s1)c1cc(F)ccc1Cl. The van der Waals surface area contributed by atoms with Gasteiger partial charge in [-0.1, -0.05) is 18.5 Å². The van der Waals surface area contributed by atoms with Gasteiger partial charge in [0.1, 0.15) is 5.82 Å². The Hall–Kier alpha value is -0.420. The Kier molecular flexibility index (Phi) is 5.61. The molecule has 1 heterocycles. The Labute approximate surface area is 136 Å². The predicted molar refractivity (Wildman–Crippen MR) is 88.3 cm³/mol. The van der Waals surface area contributed by atoms with Gasteiger partial charge in [0.2, 0.25) is 0 Å². The molecule has 0 fully saturated rings. The zero-order valence-electron chi connectivity index (χ0n) is 11.3. The summed E-state index contributed by atoms with van der Waals surface area (Å²) in [4.78, 5) is 1.13. The second kappa shape index (κ2) is 7.03. The highest BCUT2D eigenvalue weighted by atomic mass is 79.9. The first kappa shape index (κ1) is 16.0. The van der Waals surface area contributed by atoms with E-state index in [0.29, 0.717) is 5.02 Å². The van der Waals surface area contributed by atoms with E-state index in [9.17, 15) is 4.39 Å². The van der Waals surface area contributed by atoms with Crippen LogP contribution in [0.1, 0.15) is 35.4 Å². The number of nitrogens with one attached hydrogen (secondary N) is 1. The Balaban J connectivity index is 2.43. The first-order valence-electron chi connectivity index (χ1n) is 6.47. The smallest absolute Gasteiger partial charge is 0.123 e. The summed E-state index contributed by atoms with van der Waals surface area (Å²) in [6.07, 6.45) is 1.01. The van der Waals surface area contributed by atoms with Crippen LogP contribution in [0.3, 0.4) is 0 Å². The monoisotopic (exact) mass is 375 g/mol. The third-order valence-electron chi connectivity index (χ3n) is 3.03. The number of benzene rings is 1. The van der Waals surface area contributed by atoms with Gasteiger partial charge in [-0.05, 0) is 71.2 Å². The fourth-order valence-electron chi connectivity index (χ4n) is 2.01. The molecule has 0 aliphatic carbocycles. The van der Waals surface area contributed by atoms with E-state index in [1.54, 1.807) is 17.4 Å². The van der Waals surface area contributed by atoms with Crippen molar-refractivity contribution < 1.29 is 4.39 Å². The van der Waals surface area contributed by atoms with E-state index in [1.807, 2.05) is 6.92 Å². The molecule has 20 heavy (non-hydrogen) atoms. The van der Waals surface area contributed by atoms with Crippen molar-refractivity contribution in [3.63, 3.8) is 0 Å². The number of thiophene rings is 1. The van der Waals surface area contributed by atoms with Crippen LogP contribution < -0.4 is 5.32 Å². The van der Waals surface area contributed by atoms with Gasteiger partial charge in [0.05, 0.1) is 9.83 Å². The minimum atomic E-state index is -0.264. The molecule has 0 radical (unpaired) electrons. The first-order chi connectivity index (χ1) is 9.52.